The van der Waals surface area contributed by atoms with Gasteiger partial charge in [-0.2, -0.15) is 0 Å². The maximum absolute atomic E-state index is 12.4. The van der Waals surface area contributed by atoms with Gasteiger partial charge in [0.25, 0.3) is 5.91 Å². The molecule has 1 N–H and O–H groups in total. The fourth-order valence-electron chi connectivity index (χ4n) is 2.22. The van der Waals surface area contributed by atoms with Crippen molar-refractivity contribution >= 4 is 40.4 Å². The van der Waals surface area contributed by atoms with Gasteiger partial charge in [-0.1, -0.05) is 53.5 Å². The van der Waals surface area contributed by atoms with Gasteiger partial charge >= 0.3 is 0 Å². The van der Waals surface area contributed by atoms with Crippen LogP contribution in [0.25, 0.3) is 10.6 Å². The Labute approximate surface area is 154 Å². The molecule has 0 aliphatic carbocycles. The number of carbonyl (C=O) groups is 1. The number of halogens is 2. The number of carbonyl (C=O) groups excluding carboxylic acids is 1. The molecular weight excluding hydrogens is 363 g/mol. The van der Waals surface area contributed by atoms with Crippen LogP contribution in [-0.2, 0) is 6.54 Å². The van der Waals surface area contributed by atoms with Gasteiger partial charge in [0.2, 0.25) is 0 Å². The molecule has 0 radical (unpaired) electrons. The van der Waals surface area contributed by atoms with E-state index in [2.05, 4.69) is 10.3 Å². The number of amides is 1. The molecule has 2 aromatic carbocycles. The molecule has 24 heavy (non-hydrogen) atoms. The van der Waals surface area contributed by atoms with Crippen molar-refractivity contribution in [3.8, 4) is 10.6 Å². The van der Waals surface area contributed by atoms with Gasteiger partial charge in [0.1, 0.15) is 9.88 Å². The number of nitrogens with one attached hydrogen (secondary N) is 1. The number of nitrogens with zero attached hydrogens (tertiary/aromatic N) is 1. The first kappa shape index (κ1) is 17.0. The van der Waals surface area contributed by atoms with Gasteiger partial charge in [-0.25, -0.2) is 4.98 Å². The third-order valence-electron chi connectivity index (χ3n) is 3.49. The molecule has 0 saturated heterocycles. The van der Waals surface area contributed by atoms with Crippen molar-refractivity contribution in [3.63, 3.8) is 0 Å². The lowest BCUT2D eigenvalue weighted by molar-refractivity contribution is 0.0954. The van der Waals surface area contributed by atoms with Gasteiger partial charge in [0.05, 0.1) is 5.69 Å². The number of benzene rings is 2. The van der Waals surface area contributed by atoms with E-state index in [-0.39, 0.29) is 5.91 Å². The zero-order valence-electron chi connectivity index (χ0n) is 12.8. The standard InChI is InChI=1S/C18H14Cl2N2OS/c1-11-16(17(23)21-10-13-4-2-3-5-15(13)20)24-18(22-11)12-6-8-14(19)9-7-12/h2-9H,10H2,1H3,(H,21,23). The number of rotatable bonds is 4. The first-order chi connectivity index (χ1) is 11.5. The molecule has 0 bridgehead atoms. The smallest absolute Gasteiger partial charge is 0.263 e. The van der Waals surface area contributed by atoms with E-state index in [0.29, 0.717) is 27.2 Å². The average Bonchev–Trinajstić information content (AvgIpc) is 2.96. The van der Waals surface area contributed by atoms with Gasteiger partial charge in [-0.15, -0.1) is 11.3 Å². The molecule has 3 rings (SSSR count). The van der Waals surface area contributed by atoms with E-state index in [1.54, 1.807) is 6.07 Å². The Morgan fingerprint density at radius 2 is 1.83 bits per heavy atom. The van der Waals surface area contributed by atoms with Crippen LogP contribution in [0.3, 0.4) is 0 Å². The van der Waals surface area contributed by atoms with E-state index in [4.69, 9.17) is 23.2 Å². The highest BCUT2D eigenvalue weighted by atomic mass is 35.5. The lowest BCUT2D eigenvalue weighted by atomic mass is 10.2. The molecule has 3 nitrogen and oxygen atoms in total. The summed E-state index contributed by atoms with van der Waals surface area (Å²) in [4.78, 5) is 17.5. The fraction of sp³-hybridized carbons (Fsp3) is 0.111. The predicted octanol–water partition coefficient (Wildman–Crippen LogP) is 5.36. The molecule has 6 heteroatoms. The number of hydrogen-bond donors (Lipinski definition) is 1. The topological polar surface area (TPSA) is 42.0 Å². The van der Waals surface area contributed by atoms with Crippen molar-refractivity contribution in [3.05, 3.63) is 74.7 Å². The first-order valence-electron chi connectivity index (χ1n) is 7.29. The lowest BCUT2D eigenvalue weighted by Gasteiger charge is -2.05. The van der Waals surface area contributed by atoms with E-state index in [1.807, 2.05) is 49.4 Å². The maximum atomic E-state index is 12.4. The first-order valence-corrected chi connectivity index (χ1v) is 8.87. The van der Waals surface area contributed by atoms with Crippen molar-refractivity contribution in [2.75, 3.05) is 0 Å². The molecule has 0 atom stereocenters. The van der Waals surface area contributed by atoms with Crippen molar-refractivity contribution < 1.29 is 4.79 Å². The highest BCUT2D eigenvalue weighted by Gasteiger charge is 2.16. The second kappa shape index (κ2) is 7.34. The normalized spacial score (nSPS) is 10.6. The van der Waals surface area contributed by atoms with Crippen LogP contribution in [0, 0.1) is 6.92 Å². The highest BCUT2D eigenvalue weighted by Crippen LogP contribution is 2.29. The average molecular weight is 377 g/mol. The zero-order chi connectivity index (χ0) is 17.1. The fourth-order valence-corrected chi connectivity index (χ4v) is 3.54. The van der Waals surface area contributed by atoms with E-state index in [9.17, 15) is 4.79 Å². The van der Waals surface area contributed by atoms with Crippen LogP contribution < -0.4 is 5.32 Å². The summed E-state index contributed by atoms with van der Waals surface area (Å²) in [6, 6.07) is 14.9. The van der Waals surface area contributed by atoms with Gasteiger partial charge < -0.3 is 5.32 Å². The molecule has 1 heterocycles. The summed E-state index contributed by atoms with van der Waals surface area (Å²) in [6.45, 7) is 2.21. The Kier molecular flexibility index (Phi) is 5.19. The summed E-state index contributed by atoms with van der Waals surface area (Å²) in [5, 5.41) is 5.01. The Morgan fingerprint density at radius 1 is 1.12 bits per heavy atom. The molecule has 0 unspecified atom stereocenters. The molecular formula is C18H14Cl2N2OS. The third kappa shape index (κ3) is 3.78. The number of thiazole rings is 1. The SMILES string of the molecule is Cc1nc(-c2ccc(Cl)cc2)sc1C(=O)NCc1ccccc1Cl. The molecule has 0 spiro atoms. The second-order valence-corrected chi connectivity index (χ2v) is 7.06. The summed E-state index contributed by atoms with van der Waals surface area (Å²) >= 11 is 13.4. The molecule has 0 fully saturated rings. The quantitative estimate of drug-likeness (QED) is 0.666. The second-order valence-electron chi connectivity index (χ2n) is 5.21. The highest BCUT2D eigenvalue weighted by molar-refractivity contribution is 7.17. The van der Waals surface area contributed by atoms with Crippen LogP contribution in [0.15, 0.2) is 48.5 Å². The third-order valence-corrected chi connectivity index (χ3v) is 5.32. The maximum Gasteiger partial charge on any atom is 0.263 e. The van der Waals surface area contributed by atoms with E-state index in [1.165, 1.54) is 11.3 Å². The van der Waals surface area contributed by atoms with E-state index < -0.39 is 0 Å². The minimum Gasteiger partial charge on any atom is -0.347 e. The van der Waals surface area contributed by atoms with Crippen molar-refractivity contribution in [2.24, 2.45) is 0 Å². The number of aryl methyl sites for hydroxylation is 1. The Morgan fingerprint density at radius 3 is 2.54 bits per heavy atom. The lowest BCUT2D eigenvalue weighted by Crippen LogP contribution is -2.22. The van der Waals surface area contributed by atoms with Gasteiger partial charge in [-0.3, -0.25) is 4.79 Å². The van der Waals surface area contributed by atoms with Crippen molar-refractivity contribution in [2.45, 2.75) is 13.5 Å². The molecule has 3 aromatic rings. The Bertz CT molecular complexity index is 875. The van der Waals surface area contributed by atoms with Crippen molar-refractivity contribution in [1.82, 2.24) is 10.3 Å². The minimum atomic E-state index is -0.148. The van der Waals surface area contributed by atoms with Crippen molar-refractivity contribution in [1.29, 1.82) is 0 Å². The molecule has 0 saturated carbocycles. The zero-order valence-corrected chi connectivity index (χ0v) is 15.2. The monoisotopic (exact) mass is 376 g/mol. The number of aromatic nitrogens is 1. The van der Waals surface area contributed by atoms with E-state index >= 15 is 0 Å². The number of hydrogen-bond acceptors (Lipinski definition) is 3. The van der Waals surface area contributed by atoms with Crippen LogP contribution in [-0.4, -0.2) is 10.9 Å². The summed E-state index contributed by atoms with van der Waals surface area (Å²) in [7, 11) is 0. The summed E-state index contributed by atoms with van der Waals surface area (Å²) in [6.07, 6.45) is 0. The summed E-state index contributed by atoms with van der Waals surface area (Å²) in [5.41, 5.74) is 2.53. The summed E-state index contributed by atoms with van der Waals surface area (Å²) in [5.74, 6) is -0.148. The van der Waals surface area contributed by atoms with Gasteiger partial charge in [0, 0.05) is 22.2 Å². The van der Waals surface area contributed by atoms with Gasteiger partial charge in [0.15, 0.2) is 0 Å². The van der Waals surface area contributed by atoms with E-state index in [0.717, 1.165) is 16.1 Å². The minimum absolute atomic E-state index is 0.148. The van der Waals surface area contributed by atoms with Crippen LogP contribution >= 0.6 is 34.5 Å². The van der Waals surface area contributed by atoms with Crippen LogP contribution in [0.5, 0.6) is 0 Å². The Hall–Kier alpha value is -1.88. The largest absolute Gasteiger partial charge is 0.347 e. The predicted molar refractivity (Wildman–Crippen MR) is 99.9 cm³/mol. The molecule has 1 amide bonds. The molecule has 0 aliphatic heterocycles. The van der Waals surface area contributed by atoms with Crippen LogP contribution in [0.2, 0.25) is 10.0 Å². The van der Waals surface area contributed by atoms with Crippen LogP contribution in [0.4, 0.5) is 0 Å². The Balaban J connectivity index is 1.76. The molecule has 122 valence electrons. The van der Waals surface area contributed by atoms with Crippen LogP contribution in [0.1, 0.15) is 20.9 Å². The summed E-state index contributed by atoms with van der Waals surface area (Å²) < 4.78 is 0. The van der Waals surface area contributed by atoms with Gasteiger partial charge in [-0.05, 0) is 30.7 Å². The molecule has 0 aliphatic rings. The molecule has 1 aromatic heterocycles.